The lowest BCUT2D eigenvalue weighted by Gasteiger charge is -2.32. The minimum absolute atomic E-state index is 0.0153. The molecule has 30 heavy (non-hydrogen) atoms. The van der Waals surface area contributed by atoms with Crippen LogP contribution in [-0.4, -0.2) is 55.6 Å². The van der Waals surface area contributed by atoms with E-state index >= 15 is 0 Å². The fraction of sp³-hybridized carbons (Fsp3) is 0.476. The number of likely N-dealkylation sites (tertiary alicyclic amines) is 1. The third-order valence-corrected chi connectivity index (χ3v) is 5.16. The summed E-state index contributed by atoms with van der Waals surface area (Å²) in [6.45, 7) is 7.85. The number of rotatable bonds is 6. The molecule has 1 unspecified atom stereocenters. The van der Waals surface area contributed by atoms with Crippen LogP contribution in [0.25, 0.3) is 11.6 Å². The van der Waals surface area contributed by atoms with E-state index < -0.39 is 0 Å². The van der Waals surface area contributed by atoms with Gasteiger partial charge in [0.1, 0.15) is 5.75 Å². The highest BCUT2D eigenvalue weighted by molar-refractivity contribution is 5.94. The SMILES string of the molecule is CCOc1ccc(C(=O)N2CCCC(n3cc(-c4nc(C(C)C)no4)nn3)C2)cc1. The molecule has 1 aliphatic heterocycles. The van der Waals surface area contributed by atoms with Gasteiger partial charge in [-0.3, -0.25) is 4.79 Å². The molecule has 2 aromatic heterocycles. The van der Waals surface area contributed by atoms with Gasteiger partial charge in [0.15, 0.2) is 11.5 Å². The summed E-state index contributed by atoms with van der Waals surface area (Å²) in [5.74, 6) is 1.97. The second-order valence-electron chi connectivity index (χ2n) is 7.70. The summed E-state index contributed by atoms with van der Waals surface area (Å²) in [6.07, 6.45) is 3.64. The summed E-state index contributed by atoms with van der Waals surface area (Å²) >= 11 is 0. The summed E-state index contributed by atoms with van der Waals surface area (Å²) < 4.78 is 12.6. The minimum atomic E-state index is 0.0153. The Kier molecular flexibility index (Phi) is 5.78. The van der Waals surface area contributed by atoms with Crippen molar-refractivity contribution in [1.82, 2.24) is 30.0 Å². The zero-order chi connectivity index (χ0) is 21.1. The van der Waals surface area contributed by atoms with Gasteiger partial charge in [-0.1, -0.05) is 24.2 Å². The first-order valence-corrected chi connectivity index (χ1v) is 10.3. The first-order valence-electron chi connectivity index (χ1n) is 10.3. The highest BCUT2D eigenvalue weighted by Crippen LogP contribution is 2.25. The molecule has 3 aromatic rings. The summed E-state index contributed by atoms with van der Waals surface area (Å²) in [6, 6.07) is 7.34. The molecule has 1 atom stereocenters. The number of hydrogen-bond acceptors (Lipinski definition) is 7. The van der Waals surface area contributed by atoms with Crippen molar-refractivity contribution >= 4 is 5.91 Å². The Balaban J connectivity index is 1.44. The number of carbonyl (C=O) groups is 1. The molecule has 1 amide bonds. The third kappa shape index (κ3) is 4.19. The Labute approximate surface area is 175 Å². The normalized spacial score (nSPS) is 16.8. The van der Waals surface area contributed by atoms with E-state index in [0.717, 1.165) is 25.1 Å². The van der Waals surface area contributed by atoms with Gasteiger partial charge in [-0.15, -0.1) is 5.10 Å². The molecule has 1 fully saturated rings. The van der Waals surface area contributed by atoms with Crippen molar-refractivity contribution in [3.8, 4) is 17.3 Å². The van der Waals surface area contributed by atoms with Crippen molar-refractivity contribution in [3.05, 3.63) is 41.9 Å². The number of nitrogens with zero attached hydrogens (tertiary/aromatic N) is 6. The van der Waals surface area contributed by atoms with E-state index in [9.17, 15) is 4.79 Å². The molecule has 0 spiro atoms. The lowest BCUT2D eigenvalue weighted by atomic mass is 10.0. The van der Waals surface area contributed by atoms with Crippen LogP contribution in [0, 0.1) is 0 Å². The molecule has 4 rings (SSSR count). The molecule has 1 aromatic carbocycles. The van der Waals surface area contributed by atoms with Crippen molar-refractivity contribution in [1.29, 1.82) is 0 Å². The van der Waals surface area contributed by atoms with Crippen molar-refractivity contribution in [2.45, 2.75) is 45.6 Å². The monoisotopic (exact) mass is 410 g/mol. The fourth-order valence-corrected chi connectivity index (χ4v) is 3.52. The van der Waals surface area contributed by atoms with E-state index in [2.05, 4.69) is 20.5 Å². The molecule has 3 heterocycles. The standard InChI is InChI=1S/C21H26N6O3/c1-4-29-17-9-7-15(8-10-17)21(28)26-11-5-6-16(12-26)27-13-18(23-25-27)20-22-19(14(2)3)24-30-20/h7-10,13-14,16H,4-6,11-12H2,1-3H3. The van der Waals surface area contributed by atoms with E-state index in [-0.39, 0.29) is 17.9 Å². The van der Waals surface area contributed by atoms with Crippen molar-refractivity contribution in [2.24, 2.45) is 0 Å². The molecule has 0 radical (unpaired) electrons. The largest absolute Gasteiger partial charge is 0.494 e. The van der Waals surface area contributed by atoms with Gasteiger partial charge in [0, 0.05) is 24.6 Å². The topological polar surface area (TPSA) is 99.2 Å². The van der Waals surface area contributed by atoms with Crippen LogP contribution in [0.5, 0.6) is 5.75 Å². The molecule has 9 nitrogen and oxygen atoms in total. The minimum Gasteiger partial charge on any atom is -0.494 e. The number of ether oxygens (including phenoxy) is 1. The maximum absolute atomic E-state index is 12.9. The number of hydrogen-bond donors (Lipinski definition) is 0. The quantitative estimate of drug-likeness (QED) is 0.614. The average Bonchev–Trinajstić information content (AvgIpc) is 3.44. The van der Waals surface area contributed by atoms with Crippen LogP contribution in [0.3, 0.4) is 0 Å². The van der Waals surface area contributed by atoms with E-state index in [4.69, 9.17) is 9.26 Å². The Morgan fingerprint density at radius 1 is 1.30 bits per heavy atom. The van der Waals surface area contributed by atoms with Crippen molar-refractivity contribution < 1.29 is 14.1 Å². The van der Waals surface area contributed by atoms with Crippen molar-refractivity contribution in [3.63, 3.8) is 0 Å². The molecule has 0 N–H and O–H groups in total. The molecular weight excluding hydrogens is 384 g/mol. The van der Waals surface area contributed by atoms with Crippen LogP contribution in [0.1, 0.15) is 61.8 Å². The Morgan fingerprint density at radius 2 is 2.10 bits per heavy atom. The lowest BCUT2D eigenvalue weighted by Crippen LogP contribution is -2.40. The van der Waals surface area contributed by atoms with Crippen LogP contribution in [0.2, 0.25) is 0 Å². The molecular formula is C21H26N6O3. The van der Waals surface area contributed by atoms with E-state index in [1.54, 1.807) is 4.68 Å². The smallest absolute Gasteiger partial charge is 0.280 e. The van der Waals surface area contributed by atoms with Gasteiger partial charge in [-0.2, -0.15) is 4.98 Å². The summed E-state index contributed by atoms with van der Waals surface area (Å²) in [7, 11) is 0. The van der Waals surface area contributed by atoms with Crippen LogP contribution >= 0.6 is 0 Å². The zero-order valence-corrected chi connectivity index (χ0v) is 17.5. The highest BCUT2D eigenvalue weighted by Gasteiger charge is 2.27. The fourth-order valence-electron chi connectivity index (χ4n) is 3.52. The van der Waals surface area contributed by atoms with Gasteiger partial charge in [0.25, 0.3) is 11.8 Å². The number of carbonyl (C=O) groups excluding carboxylic acids is 1. The number of piperidine rings is 1. The molecule has 1 aliphatic rings. The van der Waals surface area contributed by atoms with Gasteiger partial charge in [0.05, 0.1) is 18.8 Å². The van der Waals surface area contributed by atoms with Crippen LogP contribution in [-0.2, 0) is 0 Å². The number of benzene rings is 1. The maximum atomic E-state index is 12.9. The Bertz CT molecular complexity index is 994. The molecule has 0 bridgehead atoms. The molecule has 0 aliphatic carbocycles. The van der Waals surface area contributed by atoms with Gasteiger partial charge in [-0.25, -0.2) is 4.68 Å². The van der Waals surface area contributed by atoms with E-state index in [1.807, 2.05) is 56.1 Å². The summed E-state index contributed by atoms with van der Waals surface area (Å²) in [5, 5.41) is 12.4. The first kappa shape index (κ1) is 20.1. The summed E-state index contributed by atoms with van der Waals surface area (Å²) in [4.78, 5) is 19.2. The zero-order valence-electron chi connectivity index (χ0n) is 17.5. The van der Waals surface area contributed by atoms with Gasteiger partial charge in [0.2, 0.25) is 0 Å². The van der Waals surface area contributed by atoms with Gasteiger partial charge >= 0.3 is 0 Å². The second kappa shape index (κ2) is 8.64. The van der Waals surface area contributed by atoms with Crippen LogP contribution < -0.4 is 4.74 Å². The van der Waals surface area contributed by atoms with E-state index in [0.29, 0.717) is 36.1 Å². The molecule has 1 saturated heterocycles. The Hall–Kier alpha value is -3.23. The molecule has 9 heteroatoms. The van der Waals surface area contributed by atoms with Gasteiger partial charge < -0.3 is 14.2 Å². The second-order valence-corrected chi connectivity index (χ2v) is 7.70. The first-order chi connectivity index (χ1) is 14.5. The predicted octanol–water partition coefficient (Wildman–Crippen LogP) is 3.33. The highest BCUT2D eigenvalue weighted by atomic mass is 16.5. The Morgan fingerprint density at radius 3 is 2.80 bits per heavy atom. The predicted molar refractivity (Wildman–Crippen MR) is 109 cm³/mol. The van der Waals surface area contributed by atoms with Crippen LogP contribution in [0.4, 0.5) is 0 Å². The average molecular weight is 410 g/mol. The van der Waals surface area contributed by atoms with Crippen LogP contribution in [0.15, 0.2) is 35.0 Å². The van der Waals surface area contributed by atoms with Crippen molar-refractivity contribution in [2.75, 3.05) is 19.7 Å². The summed E-state index contributed by atoms with van der Waals surface area (Å²) in [5.41, 5.74) is 1.20. The molecule has 0 saturated carbocycles. The lowest BCUT2D eigenvalue weighted by molar-refractivity contribution is 0.0672. The number of amides is 1. The van der Waals surface area contributed by atoms with E-state index in [1.165, 1.54) is 0 Å². The molecule has 158 valence electrons. The number of aromatic nitrogens is 5. The third-order valence-electron chi connectivity index (χ3n) is 5.16. The maximum Gasteiger partial charge on any atom is 0.280 e. The van der Waals surface area contributed by atoms with Gasteiger partial charge in [-0.05, 0) is 44.0 Å².